The minimum Gasteiger partial charge on any atom is -0.362 e. The number of hydrogen-bond donors (Lipinski definition) is 2. The van der Waals surface area contributed by atoms with E-state index in [1.807, 2.05) is 12.1 Å². The molecule has 2 aromatic rings. The van der Waals surface area contributed by atoms with Crippen LogP contribution in [0.5, 0.6) is 0 Å². The Morgan fingerprint density at radius 2 is 1.81 bits per heavy atom. The Balaban J connectivity index is 1.49. The molecule has 7 heteroatoms. The second-order valence-corrected chi connectivity index (χ2v) is 7.54. The number of aryl methyl sites for hydroxylation is 1. The first kappa shape index (κ1) is 19.8. The minimum absolute atomic E-state index is 0.429. The van der Waals surface area contributed by atoms with E-state index in [2.05, 4.69) is 49.8 Å². The van der Waals surface area contributed by atoms with Crippen LogP contribution in [-0.4, -0.2) is 34.7 Å². The molecule has 1 aliphatic rings. The molecule has 0 spiro atoms. The van der Waals surface area contributed by atoms with Crippen molar-refractivity contribution < 1.29 is 0 Å². The molecule has 2 N–H and O–H groups in total. The minimum atomic E-state index is 0.429. The molecule has 1 aromatic carbocycles. The molecule has 27 heavy (non-hydrogen) atoms. The second-order valence-electron chi connectivity index (χ2n) is 6.74. The van der Waals surface area contributed by atoms with Gasteiger partial charge in [0.25, 0.3) is 0 Å². The third-order valence-electron chi connectivity index (χ3n) is 4.61. The van der Waals surface area contributed by atoms with E-state index in [0.29, 0.717) is 16.2 Å². The summed E-state index contributed by atoms with van der Waals surface area (Å²) in [5.74, 6) is 1.31. The summed E-state index contributed by atoms with van der Waals surface area (Å²) in [5.41, 5.74) is 1.33. The fraction of sp³-hybridized carbons (Fsp3) is 0.450. The number of hydrogen-bond acceptors (Lipinski definition) is 4. The molecule has 2 heterocycles. The van der Waals surface area contributed by atoms with Gasteiger partial charge in [-0.3, -0.25) is 0 Å². The summed E-state index contributed by atoms with van der Waals surface area (Å²) >= 11 is 11.6. The number of nitrogens with one attached hydrogen (secondary N) is 2. The van der Waals surface area contributed by atoms with Crippen molar-refractivity contribution in [2.24, 2.45) is 0 Å². The van der Waals surface area contributed by atoms with Crippen molar-refractivity contribution in [3.05, 3.63) is 47.1 Å². The molecule has 0 amide bonds. The molecule has 3 rings (SSSR count). The Bertz CT molecular complexity index is 732. The number of nitrogens with zero attached hydrogens (tertiary/aromatic N) is 3. The Hall–Kier alpha value is -1.92. The number of rotatable bonds is 6. The fourth-order valence-corrected chi connectivity index (χ4v) is 3.58. The van der Waals surface area contributed by atoms with Gasteiger partial charge in [0.05, 0.1) is 0 Å². The predicted molar refractivity (Wildman–Crippen MR) is 117 cm³/mol. The van der Waals surface area contributed by atoms with Gasteiger partial charge in [0.1, 0.15) is 11.0 Å². The van der Waals surface area contributed by atoms with Crippen molar-refractivity contribution in [1.82, 2.24) is 15.3 Å². The van der Waals surface area contributed by atoms with E-state index in [9.17, 15) is 0 Å². The van der Waals surface area contributed by atoms with Crippen molar-refractivity contribution in [3.8, 4) is 0 Å². The number of anilines is 2. The molecule has 0 bridgehead atoms. The van der Waals surface area contributed by atoms with Gasteiger partial charge in [-0.1, -0.05) is 54.8 Å². The van der Waals surface area contributed by atoms with E-state index in [1.165, 1.54) is 31.2 Å². The highest BCUT2D eigenvalue weighted by molar-refractivity contribution is 7.80. The average molecular weight is 404 g/mol. The maximum absolute atomic E-state index is 6.21. The van der Waals surface area contributed by atoms with E-state index in [0.717, 1.165) is 38.3 Å². The standard InChI is InChI=1S/C20H26ClN5S/c21-17-15-18(26-13-6-1-2-7-14-26)24-19(23-17)25-20(27)22-12-8-11-16-9-4-3-5-10-16/h3-5,9-10,15H,1-2,6-8,11-14H2,(H2,22,23,24,25,27). The first-order valence-corrected chi connectivity index (χ1v) is 10.4. The van der Waals surface area contributed by atoms with Crippen LogP contribution in [0.4, 0.5) is 11.8 Å². The van der Waals surface area contributed by atoms with E-state index < -0.39 is 0 Å². The highest BCUT2D eigenvalue weighted by atomic mass is 35.5. The van der Waals surface area contributed by atoms with Gasteiger partial charge >= 0.3 is 0 Å². The van der Waals surface area contributed by atoms with Crippen LogP contribution in [0.3, 0.4) is 0 Å². The van der Waals surface area contributed by atoms with Crippen LogP contribution in [0.1, 0.15) is 37.7 Å². The molecule has 1 aromatic heterocycles. The summed E-state index contributed by atoms with van der Waals surface area (Å²) in [4.78, 5) is 11.1. The Morgan fingerprint density at radius 1 is 1.07 bits per heavy atom. The van der Waals surface area contributed by atoms with Gasteiger partial charge in [-0.2, -0.15) is 4.98 Å². The number of thiocarbonyl (C=S) groups is 1. The molecule has 0 atom stereocenters. The van der Waals surface area contributed by atoms with Crippen molar-refractivity contribution in [3.63, 3.8) is 0 Å². The summed E-state index contributed by atoms with van der Waals surface area (Å²) in [7, 11) is 0. The largest absolute Gasteiger partial charge is 0.362 e. The summed E-state index contributed by atoms with van der Waals surface area (Å²) in [6.45, 7) is 2.81. The van der Waals surface area contributed by atoms with Gasteiger partial charge in [-0.25, -0.2) is 4.98 Å². The number of benzene rings is 1. The zero-order chi connectivity index (χ0) is 18.9. The molecule has 0 unspecified atom stereocenters. The summed E-state index contributed by atoms with van der Waals surface area (Å²) in [6, 6.07) is 12.3. The zero-order valence-corrected chi connectivity index (χ0v) is 17.0. The monoisotopic (exact) mass is 403 g/mol. The lowest BCUT2D eigenvalue weighted by molar-refractivity contribution is 0.726. The molecule has 1 fully saturated rings. The van der Waals surface area contributed by atoms with Crippen LogP contribution in [0.25, 0.3) is 0 Å². The lowest BCUT2D eigenvalue weighted by atomic mass is 10.1. The molecule has 144 valence electrons. The molecule has 0 aliphatic carbocycles. The average Bonchev–Trinajstić information content (AvgIpc) is 2.95. The van der Waals surface area contributed by atoms with Gasteiger partial charge in [0.2, 0.25) is 5.95 Å². The molecule has 0 saturated carbocycles. The molecular formula is C20H26ClN5S. The number of halogens is 1. The Morgan fingerprint density at radius 3 is 2.56 bits per heavy atom. The highest BCUT2D eigenvalue weighted by Crippen LogP contribution is 2.21. The van der Waals surface area contributed by atoms with Crippen LogP contribution in [0, 0.1) is 0 Å². The van der Waals surface area contributed by atoms with E-state index >= 15 is 0 Å². The summed E-state index contributed by atoms with van der Waals surface area (Å²) in [5, 5.41) is 7.23. The van der Waals surface area contributed by atoms with E-state index in [1.54, 1.807) is 0 Å². The Labute approximate surface area is 171 Å². The fourth-order valence-electron chi connectivity index (χ4n) is 3.21. The van der Waals surface area contributed by atoms with Gasteiger partial charge in [0.15, 0.2) is 5.11 Å². The van der Waals surface area contributed by atoms with Crippen molar-refractivity contribution >= 4 is 40.7 Å². The zero-order valence-electron chi connectivity index (χ0n) is 15.5. The molecule has 1 aliphatic heterocycles. The molecule has 1 saturated heterocycles. The van der Waals surface area contributed by atoms with Crippen LogP contribution >= 0.6 is 23.8 Å². The second kappa shape index (κ2) is 10.4. The third-order valence-corrected chi connectivity index (χ3v) is 5.05. The van der Waals surface area contributed by atoms with Gasteiger partial charge in [-0.05, 0) is 43.5 Å². The van der Waals surface area contributed by atoms with Crippen molar-refractivity contribution in [2.75, 3.05) is 29.9 Å². The first-order valence-electron chi connectivity index (χ1n) is 9.59. The van der Waals surface area contributed by atoms with Crippen LogP contribution in [-0.2, 0) is 6.42 Å². The third kappa shape index (κ3) is 6.63. The SMILES string of the molecule is S=C(NCCCc1ccccc1)Nc1nc(Cl)cc(N2CCCCCC2)n1. The summed E-state index contributed by atoms with van der Waals surface area (Å²) < 4.78 is 0. The quantitative estimate of drug-likeness (QED) is 0.422. The predicted octanol–water partition coefficient (Wildman–Crippen LogP) is 4.43. The lowest BCUT2D eigenvalue weighted by Crippen LogP contribution is -2.31. The van der Waals surface area contributed by atoms with Crippen molar-refractivity contribution in [1.29, 1.82) is 0 Å². The van der Waals surface area contributed by atoms with E-state index in [-0.39, 0.29) is 0 Å². The number of aromatic nitrogens is 2. The Kier molecular flexibility index (Phi) is 7.66. The molecule has 5 nitrogen and oxygen atoms in total. The van der Waals surface area contributed by atoms with Gasteiger partial charge in [0, 0.05) is 25.7 Å². The van der Waals surface area contributed by atoms with Crippen LogP contribution in [0.15, 0.2) is 36.4 Å². The first-order chi connectivity index (χ1) is 13.2. The van der Waals surface area contributed by atoms with E-state index in [4.69, 9.17) is 23.8 Å². The van der Waals surface area contributed by atoms with Crippen molar-refractivity contribution in [2.45, 2.75) is 38.5 Å². The highest BCUT2D eigenvalue weighted by Gasteiger charge is 2.14. The van der Waals surface area contributed by atoms with Crippen LogP contribution in [0.2, 0.25) is 5.15 Å². The smallest absolute Gasteiger partial charge is 0.232 e. The van der Waals surface area contributed by atoms with Gasteiger partial charge in [-0.15, -0.1) is 0 Å². The lowest BCUT2D eigenvalue weighted by Gasteiger charge is -2.22. The maximum Gasteiger partial charge on any atom is 0.232 e. The van der Waals surface area contributed by atoms with Crippen LogP contribution < -0.4 is 15.5 Å². The normalized spacial score (nSPS) is 14.5. The topological polar surface area (TPSA) is 53.1 Å². The van der Waals surface area contributed by atoms with Gasteiger partial charge < -0.3 is 15.5 Å². The molecular weight excluding hydrogens is 378 g/mol. The molecule has 0 radical (unpaired) electrons. The summed E-state index contributed by atoms with van der Waals surface area (Å²) in [6.07, 6.45) is 6.94. The maximum atomic E-state index is 6.21.